The fourth-order valence-electron chi connectivity index (χ4n) is 1.98. The van der Waals surface area contributed by atoms with E-state index in [1.165, 1.54) is 19.3 Å². The third-order valence-electron chi connectivity index (χ3n) is 2.89. The second-order valence-electron chi connectivity index (χ2n) is 4.18. The van der Waals surface area contributed by atoms with E-state index in [0.29, 0.717) is 6.42 Å². The number of unbranched alkanes of at least 4 members (excludes halogenated alkanes) is 3. The third kappa shape index (κ3) is 4.96. The first kappa shape index (κ1) is 12.9. The van der Waals surface area contributed by atoms with Crippen molar-refractivity contribution in [2.24, 2.45) is 0 Å². The monoisotopic (exact) mass is 216 g/mol. The molecule has 3 heteroatoms. The van der Waals surface area contributed by atoms with Gasteiger partial charge < -0.3 is 14.6 Å². The summed E-state index contributed by atoms with van der Waals surface area (Å²) < 4.78 is 11.3. The van der Waals surface area contributed by atoms with Gasteiger partial charge in [-0.2, -0.15) is 0 Å². The Labute approximate surface area is 92.8 Å². The zero-order chi connectivity index (χ0) is 10.9. The minimum absolute atomic E-state index is 0.126. The molecule has 3 nitrogen and oxygen atoms in total. The molecule has 1 aliphatic heterocycles. The predicted octanol–water partition coefficient (Wildman–Crippen LogP) is 2.12. The van der Waals surface area contributed by atoms with E-state index in [4.69, 9.17) is 14.6 Å². The fourth-order valence-corrected chi connectivity index (χ4v) is 1.98. The molecular formula is C12H24O3. The van der Waals surface area contributed by atoms with E-state index >= 15 is 0 Å². The van der Waals surface area contributed by atoms with Crippen LogP contribution in [0.25, 0.3) is 0 Å². The number of hydrogen-bond donors (Lipinski definition) is 1. The van der Waals surface area contributed by atoms with Crippen LogP contribution >= 0.6 is 0 Å². The molecule has 0 spiro atoms. The van der Waals surface area contributed by atoms with E-state index in [1.54, 1.807) is 0 Å². The van der Waals surface area contributed by atoms with E-state index in [2.05, 4.69) is 6.92 Å². The lowest BCUT2D eigenvalue weighted by Crippen LogP contribution is -2.25. The summed E-state index contributed by atoms with van der Waals surface area (Å²) in [5.74, 6) is 0. The van der Waals surface area contributed by atoms with Crippen LogP contribution in [0.5, 0.6) is 0 Å². The number of ether oxygens (including phenoxy) is 2. The Morgan fingerprint density at radius 1 is 1.33 bits per heavy atom. The molecule has 0 saturated carbocycles. The molecule has 90 valence electrons. The first-order valence-corrected chi connectivity index (χ1v) is 6.22. The molecular weight excluding hydrogens is 192 g/mol. The van der Waals surface area contributed by atoms with Crippen LogP contribution in [-0.2, 0) is 9.47 Å². The van der Waals surface area contributed by atoms with E-state index in [9.17, 15) is 0 Å². The van der Waals surface area contributed by atoms with Gasteiger partial charge in [0.1, 0.15) is 0 Å². The summed E-state index contributed by atoms with van der Waals surface area (Å²) in [6.07, 6.45) is 7.01. The van der Waals surface area contributed by atoms with Gasteiger partial charge in [-0.05, 0) is 19.3 Å². The minimum Gasteiger partial charge on any atom is -0.396 e. The Kier molecular flexibility index (Phi) is 6.98. The van der Waals surface area contributed by atoms with Crippen molar-refractivity contribution in [1.29, 1.82) is 0 Å². The minimum atomic E-state index is 0.126. The highest BCUT2D eigenvalue weighted by atomic mass is 16.6. The van der Waals surface area contributed by atoms with Crippen LogP contribution in [0.2, 0.25) is 0 Å². The summed E-state index contributed by atoms with van der Waals surface area (Å²) in [5, 5.41) is 8.85. The van der Waals surface area contributed by atoms with Crippen LogP contribution in [-0.4, -0.2) is 37.1 Å². The molecule has 0 aliphatic carbocycles. The molecule has 0 aromatic heterocycles. The molecule has 1 rings (SSSR count). The standard InChI is InChI=1S/C12H24O3/c1-2-3-4-5-9-14-12-7-10-15-11(12)6-8-13/h11-13H,2-10H2,1H3. The quantitative estimate of drug-likeness (QED) is 0.632. The summed E-state index contributed by atoms with van der Waals surface area (Å²) in [7, 11) is 0. The molecule has 15 heavy (non-hydrogen) atoms. The van der Waals surface area contributed by atoms with Crippen LogP contribution in [0.3, 0.4) is 0 Å². The zero-order valence-electron chi connectivity index (χ0n) is 9.78. The van der Waals surface area contributed by atoms with Crippen LogP contribution in [0.4, 0.5) is 0 Å². The summed E-state index contributed by atoms with van der Waals surface area (Å²) >= 11 is 0. The Hall–Kier alpha value is -0.120. The molecule has 0 aromatic rings. The Bertz CT molecular complexity index is 150. The zero-order valence-corrected chi connectivity index (χ0v) is 9.78. The maximum Gasteiger partial charge on any atom is 0.0859 e. The topological polar surface area (TPSA) is 38.7 Å². The molecule has 2 atom stereocenters. The molecule has 0 aromatic carbocycles. The average molecular weight is 216 g/mol. The van der Waals surface area contributed by atoms with E-state index in [0.717, 1.165) is 26.1 Å². The Morgan fingerprint density at radius 3 is 2.93 bits per heavy atom. The van der Waals surface area contributed by atoms with Crippen molar-refractivity contribution < 1.29 is 14.6 Å². The smallest absolute Gasteiger partial charge is 0.0859 e. The Morgan fingerprint density at radius 2 is 2.20 bits per heavy atom. The summed E-state index contributed by atoms with van der Waals surface area (Å²) in [5.41, 5.74) is 0. The van der Waals surface area contributed by atoms with Crippen LogP contribution in [0, 0.1) is 0 Å². The van der Waals surface area contributed by atoms with Gasteiger partial charge in [0.15, 0.2) is 0 Å². The molecule has 1 fully saturated rings. The number of aliphatic hydroxyl groups excluding tert-OH is 1. The molecule has 2 unspecified atom stereocenters. The van der Waals surface area contributed by atoms with Gasteiger partial charge in [0.25, 0.3) is 0 Å². The third-order valence-corrected chi connectivity index (χ3v) is 2.89. The molecule has 0 radical (unpaired) electrons. The second kappa shape index (κ2) is 8.08. The average Bonchev–Trinajstić information content (AvgIpc) is 2.66. The molecule has 1 heterocycles. The molecule has 0 amide bonds. The van der Waals surface area contributed by atoms with Crippen molar-refractivity contribution in [2.45, 2.75) is 57.7 Å². The summed E-state index contributed by atoms with van der Waals surface area (Å²) in [6, 6.07) is 0. The van der Waals surface area contributed by atoms with Gasteiger partial charge in [-0.1, -0.05) is 26.2 Å². The van der Waals surface area contributed by atoms with Gasteiger partial charge in [0.05, 0.1) is 12.2 Å². The summed E-state index contributed by atoms with van der Waals surface area (Å²) in [6.45, 7) is 4.03. The molecule has 1 N–H and O–H groups in total. The number of rotatable bonds is 8. The maximum atomic E-state index is 8.85. The number of aliphatic hydroxyl groups is 1. The first-order chi connectivity index (χ1) is 7.38. The largest absolute Gasteiger partial charge is 0.396 e. The van der Waals surface area contributed by atoms with Crippen molar-refractivity contribution in [3.8, 4) is 0 Å². The van der Waals surface area contributed by atoms with E-state index < -0.39 is 0 Å². The van der Waals surface area contributed by atoms with E-state index in [1.807, 2.05) is 0 Å². The highest BCUT2D eigenvalue weighted by molar-refractivity contribution is 4.76. The van der Waals surface area contributed by atoms with Crippen LogP contribution < -0.4 is 0 Å². The molecule has 1 saturated heterocycles. The van der Waals surface area contributed by atoms with Gasteiger partial charge in [-0.3, -0.25) is 0 Å². The van der Waals surface area contributed by atoms with Gasteiger partial charge >= 0.3 is 0 Å². The van der Waals surface area contributed by atoms with Gasteiger partial charge in [-0.25, -0.2) is 0 Å². The molecule has 0 bridgehead atoms. The highest BCUT2D eigenvalue weighted by Gasteiger charge is 2.28. The van der Waals surface area contributed by atoms with Crippen LogP contribution in [0.15, 0.2) is 0 Å². The Balaban J connectivity index is 2.03. The number of hydrogen-bond acceptors (Lipinski definition) is 3. The van der Waals surface area contributed by atoms with Crippen molar-refractivity contribution in [2.75, 3.05) is 19.8 Å². The van der Waals surface area contributed by atoms with Gasteiger partial charge in [0, 0.05) is 19.8 Å². The fraction of sp³-hybridized carbons (Fsp3) is 1.00. The van der Waals surface area contributed by atoms with Crippen molar-refractivity contribution in [1.82, 2.24) is 0 Å². The normalized spacial score (nSPS) is 26.0. The summed E-state index contributed by atoms with van der Waals surface area (Å²) in [4.78, 5) is 0. The van der Waals surface area contributed by atoms with Crippen molar-refractivity contribution >= 4 is 0 Å². The molecule has 1 aliphatic rings. The lowest BCUT2D eigenvalue weighted by atomic mass is 10.1. The van der Waals surface area contributed by atoms with Gasteiger partial charge in [0.2, 0.25) is 0 Å². The maximum absolute atomic E-state index is 8.85. The lowest BCUT2D eigenvalue weighted by Gasteiger charge is -2.18. The second-order valence-corrected chi connectivity index (χ2v) is 4.18. The first-order valence-electron chi connectivity index (χ1n) is 6.22. The highest BCUT2D eigenvalue weighted by Crippen LogP contribution is 2.20. The SMILES string of the molecule is CCCCCCOC1CCOC1CCO. The van der Waals surface area contributed by atoms with Crippen molar-refractivity contribution in [3.63, 3.8) is 0 Å². The predicted molar refractivity (Wildman–Crippen MR) is 59.9 cm³/mol. The lowest BCUT2D eigenvalue weighted by molar-refractivity contribution is -0.0197. The van der Waals surface area contributed by atoms with Crippen LogP contribution in [0.1, 0.15) is 45.4 Å². The van der Waals surface area contributed by atoms with E-state index in [-0.39, 0.29) is 18.8 Å². The van der Waals surface area contributed by atoms with Crippen molar-refractivity contribution in [3.05, 3.63) is 0 Å². The van der Waals surface area contributed by atoms with Gasteiger partial charge in [-0.15, -0.1) is 0 Å².